The topological polar surface area (TPSA) is 58.6 Å². The van der Waals surface area contributed by atoms with Gasteiger partial charge in [0.05, 0.1) is 12.8 Å². The third-order valence-corrected chi connectivity index (χ3v) is 5.53. The molecule has 6 heteroatoms. The zero-order valence-electron chi connectivity index (χ0n) is 18.1. The van der Waals surface area contributed by atoms with Gasteiger partial charge in [-0.3, -0.25) is 19.8 Å². The molecule has 0 bridgehead atoms. The summed E-state index contributed by atoms with van der Waals surface area (Å²) >= 11 is 5.33. The summed E-state index contributed by atoms with van der Waals surface area (Å²) < 4.78 is 5.50. The van der Waals surface area contributed by atoms with Crippen molar-refractivity contribution in [1.82, 2.24) is 5.32 Å². The molecule has 1 aliphatic rings. The van der Waals surface area contributed by atoms with Gasteiger partial charge in [-0.05, 0) is 91.0 Å². The number of amides is 2. The van der Waals surface area contributed by atoms with E-state index in [1.165, 1.54) is 4.90 Å². The summed E-state index contributed by atoms with van der Waals surface area (Å²) in [6.07, 6.45) is 1.64. The summed E-state index contributed by atoms with van der Waals surface area (Å²) in [4.78, 5) is 27.4. The number of rotatable bonds is 4. The number of carbonyl (C=O) groups excluding carboxylic acids is 2. The average molecular weight is 423 g/mol. The maximum Gasteiger partial charge on any atom is 0.270 e. The maximum atomic E-state index is 13.4. The van der Waals surface area contributed by atoms with Gasteiger partial charge in [-0.25, -0.2) is 0 Å². The first-order valence-electron chi connectivity index (χ1n) is 9.81. The van der Waals surface area contributed by atoms with Crippen molar-refractivity contribution in [2.24, 2.45) is 0 Å². The quantitative estimate of drug-likeness (QED) is 0.445. The molecular formula is C24H26N2O3S. The highest BCUT2D eigenvalue weighted by Gasteiger charge is 2.35. The fourth-order valence-electron chi connectivity index (χ4n) is 3.49. The van der Waals surface area contributed by atoms with E-state index in [1.54, 1.807) is 13.2 Å². The van der Waals surface area contributed by atoms with E-state index in [1.807, 2.05) is 51.1 Å². The lowest BCUT2D eigenvalue weighted by Crippen LogP contribution is -2.54. The van der Waals surface area contributed by atoms with Gasteiger partial charge >= 0.3 is 0 Å². The number of hydrogen-bond acceptors (Lipinski definition) is 4. The maximum absolute atomic E-state index is 13.4. The normalized spacial score (nSPS) is 15.8. The second-order valence-electron chi connectivity index (χ2n) is 7.85. The molecule has 1 heterocycles. The molecule has 2 aromatic rings. The van der Waals surface area contributed by atoms with Gasteiger partial charge in [0.15, 0.2) is 5.11 Å². The lowest BCUT2D eigenvalue weighted by Gasteiger charge is -2.30. The van der Waals surface area contributed by atoms with E-state index in [0.717, 1.165) is 33.6 Å². The van der Waals surface area contributed by atoms with Crippen LogP contribution in [-0.2, 0) is 9.59 Å². The summed E-state index contributed by atoms with van der Waals surface area (Å²) in [5.41, 5.74) is 5.34. The van der Waals surface area contributed by atoms with Crippen LogP contribution in [0.4, 0.5) is 5.69 Å². The molecule has 156 valence electrons. The number of benzene rings is 2. The number of methoxy groups -OCH3 is 1. The largest absolute Gasteiger partial charge is 0.496 e. The van der Waals surface area contributed by atoms with Crippen LogP contribution in [0.3, 0.4) is 0 Å². The van der Waals surface area contributed by atoms with E-state index >= 15 is 0 Å². The van der Waals surface area contributed by atoms with E-state index in [0.29, 0.717) is 5.69 Å². The lowest BCUT2D eigenvalue weighted by atomic mass is 9.94. The number of anilines is 1. The Balaban J connectivity index is 2.11. The minimum atomic E-state index is -0.493. The molecule has 2 aromatic carbocycles. The lowest BCUT2D eigenvalue weighted by molar-refractivity contribution is -0.122. The number of carbonyl (C=O) groups is 2. The third kappa shape index (κ3) is 4.00. The predicted molar refractivity (Wildman–Crippen MR) is 124 cm³/mol. The van der Waals surface area contributed by atoms with E-state index in [4.69, 9.17) is 17.0 Å². The molecule has 5 nitrogen and oxygen atoms in total. The van der Waals surface area contributed by atoms with Crippen molar-refractivity contribution < 1.29 is 14.3 Å². The van der Waals surface area contributed by atoms with Crippen molar-refractivity contribution in [2.45, 2.75) is 40.5 Å². The van der Waals surface area contributed by atoms with Crippen LogP contribution in [0.1, 0.15) is 47.6 Å². The van der Waals surface area contributed by atoms with Gasteiger partial charge in [-0.15, -0.1) is 0 Å². The Kier molecular flexibility index (Phi) is 6.08. The van der Waals surface area contributed by atoms with Gasteiger partial charge in [-0.1, -0.05) is 26.0 Å². The van der Waals surface area contributed by atoms with Gasteiger partial charge < -0.3 is 4.74 Å². The molecule has 1 fully saturated rings. The van der Waals surface area contributed by atoms with Crippen molar-refractivity contribution in [3.05, 3.63) is 63.7 Å². The van der Waals surface area contributed by atoms with Crippen molar-refractivity contribution in [3.63, 3.8) is 0 Å². The van der Waals surface area contributed by atoms with Gasteiger partial charge in [0, 0.05) is 0 Å². The van der Waals surface area contributed by atoms with Crippen LogP contribution in [0.15, 0.2) is 35.9 Å². The number of aryl methyl sites for hydroxylation is 3. The molecule has 3 rings (SSSR count). The van der Waals surface area contributed by atoms with Crippen molar-refractivity contribution >= 4 is 40.9 Å². The minimum Gasteiger partial charge on any atom is -0.496 e. The number of ether oxygens (including phenoxy) is 1. The third-order valence-electron chi connectivity index (χ3n) is 5.25. The Morgan fingerprint density at radius 1 is 1.07 bits per heavy atom. The Morgan fingerprint density at radius 3 is 2.40 bits per heavy atom. The van der Waals surface area contributed by atoms with Crippen LogP contribution in [0.2, 0.25) is 0 Å². The van der Waals surface area contributed by atoms with Crippen LogP contribution < -0.4 is 15.0 Å². The van der Waals surface area contributed by atoms with Gasteiger partial charge in [0.25, 0.3) is 11.8 Å². The minimum absolute atomic E-state index is 0.0486. The summed E-state index contributed by atoms with van der Waals surface area (Å²) in [6, 6.07) is 9.70. The average Bonchev–Trinajstić information content (AvgIpc) is 2.68. The fourth-order valence-corrected chi connectivity index (χ4v) is 3.77. The van der Waals surface area contributed by atoms with Crippen molar-refractivity contribution in [1.29, 1.82) is 0 Å². The fraction of sp³-hybridized carbons (Fsp3) is 0.292. The highest BCUT2D eigenvalue weighted by Crippen LogP contribution is 2.32. The molecule has 0 radical (unpaired) electrons. The van der Waals surface area contributed by atoms with Gasteiger partial charge in [0.1, 0.15) is 11.3 Å². The molecule has 0 saturated carbocycles. The summed E-state index contributed by atoms with van der Waals surface area (Å²) in [5.74, 6) is 0.0986. The van der Waals surface area contributed by atoms with Gasteiger partial charge in [0.2, 0.25) is 0 Å². The predicted octanol–water partition coefficient (Wildman–Crippen LogP) is 4.58. The SMILES string of the molecule is COc1cc(C)c(/C=C2\C(=O)NC(=S)N(c3cc(C)ccc3C)C2=O)cc1C(C)C. The van der Waals surface area contributed by atoms with E-state index in [2.05, 4.69) is 19.2 Å². The Hall–Kier alpha value is -2.99. The van der Waals surface area contributed by atoms with Crippen LogP contribution in [0, 0.1) is 20.8 Å². The second-order valence-corrected chi connectivity index (χ2v) is 8.24. The number of hydrogen-bond donors (Lipinski definition) is 1. The number of nitrogens with zero attached hydrogens (tertiary/aromatic N) is 1. The Bertz CT molecular complexity index is 1090. The van der Waals surface area contributed by atoms with Crippen LogP contribution >= 0.6 is 12.2 Å². The first-order chi connectivity index (χ1) is 14.1. The number of nitrogens with one attached hydrogen (secondary N) is 1. The Morgan fingerprint density at radius 2 is 1.77 bits per heavy atom. The summed E-state index contributed by atoms with van der Waals surface area (Å²) in [5, 5.41) is 2.75. The zero-order valence-corrected chi connectivity index (χ0v) is 18.9. The van der Waals surface area contributed by atoms with Crippen LogP contribution in [-0.4, -0.2) is 24.0 Å². The molecule has 1 aliphatic heterocycles. The standard InChI is InChI=1S/C24H26N2O3S/c1-13(2)18-11-17(16(5)10-21(18)29-6)12-19-22(27)25-24(30)26(23(19)28)20-9-14(3)7-8-15(20)4/h7-13H,1-6H3,(H,25,27,30)/b19-12+. The van der Waals surface area contributed by atoms with Gasteiger partial charge in [-0.2, -0.15) is 0 Å². The smallest absolute Gasteiger partial charge is 0.270 e. The monoisotopic (exact) mass is 422 g/mol. The summed E-state index contributed by atoms with van der Waals surface area (Å²) in [6.45, 7) is 9.93. The highest BCUT2D eigenvalue weighted by molar-refractivity contribution is 7.80. The molecule has 0 spiro atoms. The molecular weight excluding hydrogens is 396 g/mol. The van der Waals surface area contributed by atoms with E-state index in [-0.39, 0.29) is 16.6 Å². The number of thiocarbonyl (C=S) groups is 1. The highest BCUT2D eigenvalue weighted by atomic mass is 32.1. The molecule has 30 heavy (non-hydrogen) atoms. The molecule has 1 saturated heterocycles. The second kappa shape index (κ2) is 8.40. The molecule has 1 N–H and O–H groups in total. The molecule has 0 aromatic heterocycles. The van der Waals surface area contributed by atoms with Crippen molar-refractivity contribution in [2.75, 3.05) is 12.0 Å². The molecule has 2 amide bonds. The van der Waals surface area contributed by atoms with E-state index < -0.39 is 11.8 Å². The van der Waals surface area contributed by atoms with E-state index in [9.17, 15) is 9.59 Å². The molecule has 0 aliphatic carbocycles. The summed E-state index contributed by atoms with van der Waals surface area (Å²) in [7, 11) is 1.64. The molecule has 0 atom stereocenters. The zero-order chi connectivity index (χ0) is 22.2. The molecule has 0 unspecified atom stereocenters. The first-order valence-corrected chi connectivity index (χ1v) is 10.2. The van der Waals surface area contributed by atoms with Crippen molar-refractivity contribution in [3.8, 4) is 5.75 Å². The van der Waals surface area contributed by atoms with Crippen LogP contribution in [0.25, 0.3) is 6.08 Å². The Labute approximate surface area is 182 Å². The first kappa shape index (κ1) is 21.7. The van der Waals surface area contributed by atoms with Crippen LogP contribution in [0.5, 0.6) is 5.75 Å².